The van der Waals surface area contributed by atoms with Gasteiger partial charge in [0.05, 0.1) is 18.6 Å². The molecule has 0 atom stereocenters. The largest absolute Gasteiger partial charge is 0.325 e. The third kappa shape index (κ3) is 6.15. The quantitative estimate of drug-likeness (QED) is 0.517. The standard InChI is InChI=1S/C20H23N5O3S2/c1-14-4-8-16(9-5-14)22-19(26)13-29-20-24-23-18(12-21-30(3,27)28)25(20)17-10-6-15(2)7-11-17/h4-11,21H,12-13H2,1-3H3,(H,22,26). The van der Waals surface area contributed by atoms with Gasteiger partial charge in [0.1, 0.15) is 0 Å². The van der Waals surface area contributed by atoms with Crippen LogP contribution in [0.5, 0.6) is 0 Å². The zero-order valence-electron chi connectivity index (χ0n) is 16.9. The van der Waals surface area contributed by atoms with Gasteiger partial charge >= 0.3 is 0 Å². The molecule has 10 heteroatoms. The first-order valence-electron chi connectivity index (χ1n) is 9.16. The van der Waals surface area contributed by atoms with E-state index in [2.05, 4.69) is 20.2 Å². The van der Waals surface area contributed by atoms with Crippen LogP contribution in [0.15, 0.2) is 53.7 Å². The van der Waals surface area contributed by atoms with E-state index in [1.807, 2.05) is 62.4 Å². The van der Waals surface area contributed by atoms with Crippen molar-refractivity contribution in [3.8, 4) is 5.69 Å². The molecule has 8 nitrogen and oxygen atoms in total. The van der Waals surface area contributed by atoms with Crippen molar-refractivity contribution in [2.24, 2.45) is 0 Å². The molecule has 1 amide bonds. The van der Waals surface area contributed by atoms with E-state index in [1.165, 1.54) is 11.8 Å². The molecule has 0 aliphatic carbocycles. The molecule has 0 aliphatic rings. The predicted molar refractivity (Wildman–Crippen MR) is 118 cm³/mol. The van der Waals surface area contributed by atoms with E-state index < -0.39 is 10.0 Å². The average Bonchev–Trinajstić information content (AvgIpc) is 3.10. The molecule has 0 bridgehead atoms. The molecule has 0 spiro atoms. The Morgan fingerprint density at radius 1 is 1.00 bits per heavy atom. The molecule has 158 valence electrons. The number of rotatable bonds is 8. The van der Waals surface area contributed by atoms with E-state index in [1.54, 1.807) is 4.57 Å². The van der Waals surface area contributed by atoms with Gasteiger partial charge in [-0.3, -0.25) is 9.36 Å². The second-order valence-electron chi connectivity index (χ2n) is 6.87. The van der Waals surface area contributed by atoms with Crippen LogP contribution < -0.4 is 10.0 Å². The van der Waals surface area contributed by atoms with E-state index in [-0.39, 0.29) is 18.2 Å². The van der Waals surface area contributed by atoms with Gasteiger partial charge in [0, 0.05) is 11.4 Å². The van der Waals surface area contributed by atoms with Gasteiger partial charge in [-0.25, -0.2) is 13.1 Å². The molecule has 0 radical (unpaired) electrons. The number of amides is 1. The summed E-state index contributed by atoms with van der Waals surface area (Å²) in [6.07, 6.45) is 1.09. The Bertz CT molecular complexity index is 1120. The van der Waals surface area contributed by atoms with E-state index in [9.17, 15) is 13.2 Å². The highest BCUT2D eigenvalue weighted by atomic mass is 32.2. The number of aromatic nitrogens is 3. The zero-order chi connectivity index (χ0) is 21.7. The maximum absolute atomic E-state index is 12.3. The number of sulfonamides is 1. The molecule has 0 aliphatic heterocycles. The number of thioether (sulfide) groups is 1. The van der Waals surface area contributed by atoms with Gasteiger partial charge in [0.2, 0.25) is 15.9 Å². The van der Waals surface area contributed by atoms with E-state index in [0.29, 0.717) is 11.0 Å². The summed E-state index contributed by atoms with van der Waals surface area (Å²) in [5.74, 6) is 0.404. The van der Waals surface area contributed by atoms with E-state index in [4.69, 9.17) is 0 Å². The first-order valence-corrected chi connectivity index (χ1v) is 12.0. The number of anilines is 1. The predicted octanol–water partition coefficient (Wildman–Crippen LogP) is 2.66. The van der Waals surface area contributed by atoms with E-state index in [0.717, 1.165) is 28.8 Å². The van der Waals surface area contributed by atoms with Gasteiger partial charge in [0.15, 0.2) is 11.0 Å². The Labute approximate surface area is 180 Å². The average molecular weight is 446 g/mol. The van der Waals surface area contributed by atoms with Crippen LogP contribution in [-0.2, 0) is 21.4 Å². The molecule has 2 N–H and O–H groups in total. The molecule has 0 unspecified atom stereocenters. The minimum Gasteiger partial charge on any atom is -0.325 e. The fourth-order valence-corrected chi connectivity index (χ4v) is 3.78. The summed E-state index contributed by atoms with van der Waals surface area (Å²) < 4.78 is 27.2. The number of hydrogen-bond donors (Lipinski definition) is 2. The Morgan fingerprint density at radius 2 is 1.60 bits per heavy atom. The van der Waals surface area contributed by atoms with Crippen LogP contribution in [0.1, 0.15) is 17.0 Å². The summed E-state index contributed by atoms with van der Waals surface area (Å²) in [5, 5.41) is 11.6. The summed E-state index contributed by atoms with van der Waals surface area (Å²) >= 11 is 1.23. The smallest absolute Gasteiger partial charge is 0.234 e. The van der Waals surface area contributed by atoms with Crippen molar-refractivity contribution in [1.29, 1.82) is 0 Å². The van der Waals surface area contributed by atoms with Crippen LogP contribution in [0.25, 0.3) is 5.69 Å². The van der Waals surface area contributed by atoms with Crippen molar-refractivity contribution in [3.05, 3.63) is 65.5 Å². The lowest BCUT2D eigenvalue weighted by molar-refractivity contribution is -0.113. The maximum atomic E-state index is 12.3. The van der Waals surface area contributed by atoms with Crippen molar-refractivity contribution in [3.63, 3.8) is 0 Å². The summed E-state index contributed by atoms with van der Waals surface area (Å²) in [6, 6.07) is 15.3. The Hall–Kier alpha value is -2.69. The first-order chi connectivity index (χ1) is 14.2. The number of nitrogens with zero attached hydrogens (tertiary/aromatic N) is 3. The highest BCUT2D eigenvalue weighted by molar-refractivity contribution is 7.99. The van der Waals surface area contributed by atoms with Crippen LogP contribution in [0.4, 0.5) is 5.69 Å². The van der Waals surface area contributed by atoms with Crippen LogP contribution in [0.3, 0.4) is 0 Å². The monoisotopic (exact) mass is 445 g/mol. The van der Waals surface area contributed by atoms with Crippen molar-refractivity contribution < 1.29 is 13.2 Å². The van der Waals surface area contributed by atoms with Crippen molar-refractivity contribution in [2.75, 3.05) is 17.3 Å². The van der Waals surface area contributed by atoms with E-state index >= 15 is 0 Å². The molecule has 3 aromatic rings. The fourth-order valence-electron chi connectivity index (χ4n) is 2.62. The maximum Gasteiger partial charge on any atom is 0.234 e. The van der Waals surface area contributed by atoms with Gasteiger partial charge in [-0.15, -0.1) is 10.2 Å². The summed E-state index contributed by atoms with van der Waals surface area (Å²) in [7, 11) is -3.38. The molecule has 3 rings (SSSR count). The molecule has 30 heavy (non-hydrogen) atoms. The minimum absolute atomic E-state index is 0.00413. The first kappa shape index (κ1) is 22.0. The second kappa shape index (κ2) is 9.41. The van der Waals surface area contributed by atoms with Gasteiger partial charge in [-0.2, -0.15) is 0 Å². The summed E-state index contributed by atoms with van der Waals surface area (Å²) in [5.41, 5.74) is 3.72. The van der Waals surface area contributed by atoms with Crippen LogP contribution >= 0.6 is 11.8 Å². The summed E-state index contributed by atoms with van der Waals surface area (Å²) in [4.78, 5) is 12.3. The zero-order valence-corrected chi connectivity index (χ0v) is 18.5. The van der Waals surface area contributed by atoms with Gasteiger partial charge in [-0.05, 0) is 38.1 Å². The molecular formula is C20H23N5O3S2. The van der Waals surface area contributed by atoms with Crippen LogP contribution in [-0.4, -0.2) is 41.1 Å². The van der Waals surface area contributed by atoms with Crippen LogP contribution in [0.2, 0.25) is 0 Å². The highest BCUT2D eigenvalue weighted by Crippen LogP contribution is 2.23. The van der Waals surface area contributed by atoms with Gasteiger partial charge in [-0.1, -0.05) is 47.2 Å². The molecular weight excluding hydrogens is 422 g/mol. The van der Waals surface area contributed by atoms with Gasteiger partial charge < -0.3 is 5.32 Å². The number of carbonyl (C=O) groups excluding carboxylic acids is 1. The topological polar surface area (TPSA) is 106 Å². The summed E-state index contributed by atoms with van der Waals surface area (Å²) in [6.45, 7) is 3.96. The van der Waals surface area contributed by atoms with Gasteiger partial charge in [0.25, 0.3) is 0 Å². The number of aryl methyl sites for hydroxylation is 2. The lowest BCUT2D eigenvalue weighted by Crippen LogP contribution is -2.23. The van der Waals surface area contributed by atoms with Crippen molar-refractivity contribution in [2.45, 2.75) is 25.5 Å². The molecule has 0 saturated carbocycles. The lowest BCUT2D eigenvalue weighted by atomic mass is 10.2. The fraction of sp³-hybridized carbons (Fsp3) is 0.250. The Kier molecular flexibility index (Phi) is 6.91. The number of benzene rings is 2. The highest BCUT2D eigenvalue weighted by Gasteiger charge is 2.17. The molecule has 0 fully saturated rings. The second-order valence-corrected chi connectivity index (χ2v) is 9.64. The SMILES string of the molecule is Cc1ccc(NC(=O)CSc2nnc(CNS(C)(=O)=O)n2-c2ccc(C)cc2)cc1. The molecule has 0 saturated heterocycles. The van der Waals surface area contributed by atoms with Crippen molar-refractivity contribution in [1.82, 2.24) is 19.5 Å². The normalized spacial score (nSPS) is 11.4. The van der Waals surface area contributed by atoms with Crippen LogP contribution in [0, 0.1) is 13.8 Å². The number of carbonyl (C=O) groups is 1. The number of nitrogens with one attached hydrogen (secondary N) is 2. The molecule has 2 aromatic carbocycles. The Balaban J connectivity index is 1.77. The third-order valence-corrected chi connectivity index (χ3v) is 5.75. The molecule has 1 aromatic heterocycles. The Morgan fingerprint density at radius 3 is 2.20 bits per heavy atom. The van der Waals surface area contributed by atoms with Crippen molar-refractivity contribution >= 4 is 33.4 Å². The number of hydrogen-bond acceptors (Lipinski definition) is 6. The minimum atomic E-state index is -3.38. The molecule has 1 heterocycles. The lowest BCUT2D eigenvalue weighted by Gasteiger charge is -2.11. The third-order valence-electron chi connectivity index (χ3n) is 4.15.